The third-order valence-electron chi connectivity index (χ3n) is 9.38. The smallest absolute Gasteiger partial charge is 0.137 e. The van der Waals surface area contributed by atoms with Gasteiger partial charge in [-0.1, -0.05) is 60.7 Å². The van der Waals surface area contributed by atoms with Crippen LogP contribution in [0.25, 0.3) is 44.4 Å². The lowest BCUT2D eigenvalue weighted by Gasteiger charge is -2.23. The van der Waals surface area contributed by atoms with Crippen molar-refractivity contribution in [3.63, 3.8) is 0 Å². The molecule has 0 aliphatic carbocycles. The summed E-state index contributed by atoms with van der Waals surface area (Å²) in [6, 6.07) is 48.0. The number of hydrogen-bond donors (Lipinski definition) is 0. The second-order valence-electron chi connectivity index (χ2n) is 12.5. The van der Waals surface area contributed by atoms with E-state index in [0.29, 0.717) is 6.67 Å². The van der Waals surface area contributed by atoms with E-state index < -0.39 is 0 Å². The number of para-hydroxylation sites is 3. The standard InChI is InChI=1S/C43H34N6O/c1-30-43(31(2)49(45-30)34-15-7-4-8-16-34)32-25-35(47-24-23-46(29-47)33-13-5-3-6-14-33)27-37(26-32)50-36-20-21-39-38-17-9-10-18-40(38)48(41(39)28-36)42-19-11-12-22-44-42/h3-28H,29H2,1-2H3. The Morgan fingerprint density at radius 2 is 1.28 bits per heavy atom. The predicted octanol–water partition coefficient (Wildman–Crippen LogP) is 10.2. The summed E-state index contributed by atoms with van der Waals surface area (Å²) in [4.78, 5) is 9.19. The quantitative estimate of drug-likeness (QED) is 0.172. The van der Waals surface area contributed by atoms with Crippen LogP contribution in [0.5, 0.6) is 11.5 Å². The van der Waals surface area contributed by atoms with Crippen LogP contribution >= 0.6 is 0 Å². The van der Waals surface area contributed by atoms with Gasteiger partial charge in [0.15, 0.2) is 0 Å². The largest absolute Gasteiger partial charge is 0.457 e. The van der Waals surface area contributed by atoms with Crippen LogP contribution in [-0.4, -0.2) is 26.0 Å². The molecule has 1 aliphatic rings. The van der Waals surface area contributed by atoms with Gasteiger partial charge in [0.25, 0.3) is 0 Å². The van der Waals surface area contributed by atoms with Crippen molar-refractivity contribution in [2.24, 2.45) is 0 Å². The summed E-state index contributed by atoms with van der Waals surface area (Å²) < 4.78 is 11.0. The van der Waals surface area contributed by atoms with Gasteiger partial charge in [0.1, 0.15) is 17.3 Å². The number of nitrogens with zero attached hydrogens (tertiary/aromatic N) is 6. The van der Waals surface area contributed by atoms with Gasteiger partial charge in [-0.15, -0.1) is 0 Å². The highest BCUT2D eigenvalue weighted by Crippen LogP contribution is 2.39. The highest BCUT2D eigenvalue weighted by atomic mass is 16.5. The lowest BCUT2D eigenvalue weighted by molar-refractivity contribution is 0.483. The first-order valence-electron chi connectivity index (χ1n) is 16.8. The molecule has 5 aromatic carbocycles. The van der Waals surface area contributed by atoms with E-state index in [1.54, 1.807) is 0 Å². The van der Waals surface area contributed by atoms with Gasteiger partial charge in [-0.3, -0.25) is 4.57 Å². The molecule has 0 saturated carbocycles. The SMILES string of the molecule is Cc1nn(-c2ccccc2)c(C)c1-c1cc(Oc2ccc3c4ccccc4n(-c4ccccn4)c3c2)cc(N2C=CN(c3ccccc3)C2)c1. The van der Waals surface area contributed by atoms with Crippen LogP contribution in [0, 0.1) is 13.8 Å². The molecule has 0 fully saturated rings. The lowest BCUT2D eigenvalue weighted by Crippen LogP contribution is -2.24. The van der Waals surface area contributed by atoms with Crippen molar-refractivity contribution in [3.8, 4) is 34.1 Å². The Morgan fingerprint density at radius 1 is 0.580 bits per heavy atom. The van der Waals surface area contributed by atoms with Gasteiger partial charge in [-0.25, -0.2) is 9.67 Å². The van der Waals surface area contributed by atoms with Gasteiger partial charge in [0.05, 0.1) is 29.1 Å². The van der Waals surface area contributed by atoms with E-state index in [4.69, 9.17) is 14.8 Å². The van der Waals surface area contributed by atoms with Crippen molar-refractivity contribution < 1.29 is 4.74 Å². The fraction of sp³-hybridized carbons (Fsp3) is 0.0698. The molecule has 1 aliphatic heterocycles. The minimum absolute atomic E-state index is 0.685. The molecule has 0 amide bonds. The third kappa shape index (κ3) is 5.16. The number of anilines is 2. The molecule has 242 valence electrons. The first-order valence-corrected chi connectivity index (χ1v) is 16.8. The Kier molecular flexibility index (Phi) is 7.16. The molecule has 4 heterocycles. The van der Waals surface area contributed by atoms with Gasteiger partial charge in [-0.05, 0) is 86.1 Å². The van der Waals surface area contributed by atoms with Crippen molar-refractivity contribution in [1.29, 1.82) is 0 Å². The van der Waals surface area contributed by atoms with Crippen molar-refractivity contribution in [2.45, 2.75) is 13.8 Å². The predicted molar refractivity (Wildman–Crippen MR) is 203 cm³/mol. The number of pyridine rings is 1. The summed E-state index contributed by atoms with van der Waals surface area (Å²) in [6.07, 6.45) is 6.08. The van der Waals surface area contributed by atoms with Gasteiger partial charge in [-0.2, -0.15) is 5.10 Å². The number of hydrogen-bond acceptors (Lipinski definition) is 5. The molecule has 0 N–H and O–H groups in total. The molecule has 0 unspecified atom stereocenters. The molecule has 7 heteroatoms. The Hall–Kier alpha value is -6.60. The molecule has 50 heavy (non-hydrogen) atoms. The van der Waals surface area contributed by atoms with Gasteiger partial charge < -0.3 is 14.5 Å². The molecule has 7 nitrogen and oxygen atoms in total. The summed E-state index contributed by atoms with van der Waals surface area (Å²) >= 11 is 0. The molecule has 0 atom stereocenters. The second-order valence-corrected chi connectivity index (χ2v) is 12.5. The Bertz CT molecular complexity index is 2520. The topological polar surface area (TPSA) is 51.4 Å². The highest BCUT2D eigenvalue weighted by molar-refractivity contribution is 6.09. The highest BCUT2D eigenvalue weighted by Gasteiger charge is 2.21. The van der Waals surface area contributed by atoms with E-state index in [2.05, 4.69) is 138 Å². The van der Waals surface area contributed by atoms with Crippen LogP contribution in [0.4, 0.5) is 11.4 Å². The molecule has 0 radical (unpaired) electrons. The van der Waals surface area contributed by atoms with Crippen LogP contribution in [0.1, 0.15) is 11.4 Å². The van der Waals surface area contributed by atoms with E-state index >= 15 is 0 Å². The summed E-state index contributed by atoms with van der Waals surface area (Å²) in [5, 5.41) is 7.30. The van der Waals surface area contributed by atoms with Crippen LogP contribution in [0.15, 0.2) is 158 Å². The Labute approximate surface area is 290 Å². The second kappa shape index (κ2) is 12.1. The molecule has 0 bridgehead atoms. The maximum atomic E-state index is 6.79. The maximum Gasteiger partial charge on any atom is 0.137 e. The minimum Gasteiger partial charge on any atom is -0.457 e. The fourth-order valence-corrected chi connectivity index (χ4v) is 7.09. The van der Waals surface area contributed by atoms with Crippen LogP contribution in [-0.2, 0) is 0 Å². The average Bonchev–Trinajstić information content (AvgIpc) is 3.86. The molecular formula is C43H34N6O. The molecule has 0 spiro atoms. The van der Waals surface area contributed by atoms with E-state index in [1.165, 1.54) is 5.39 Å². The van der Waals surface area contributed by atoms with Crippen molar-refractivity contribution in [1.82, 2.24) is 19.3 Å². The van der Waals surface area contributed by atoms with Crippen molar-refractivity contribution in [2.75, 3.05) is 16.5 Å². The van der Waals surface area contributed by atoms with Crippen molar-refractivity contribution >= 4 is 33.2 Å². The summed E-state index contributed by atoms with van der Waals surface area (Å²) in [5.74, 6) is 2.36. The zero-order chi connectivity index (χ0) is 33.6. The number of fused-ring (bicyclic) bond motifs is 3. The zero-order valence-electron chi connectivity index (χ0n) is 27.8. The number of aryl methyl sites for hydroxylation is 1. The van der Waals surface area contributed by atoms with E-state index in [0.717, 1.165) is 73.3 Å². The first kappa shape index (κ1) is 29.5. The van der Waals surface area contributed by atoms with Crippen LogP contribution < -0.4 is 14.5 Å². The fourth-order valence-electron chi connectivity index (χ4n) is 7.09. The number of aromatic nitrogens is 4. The average molecular weight is 651 g/mol. The molecule has 9 rings (SSSR count). The monoisotopic (exact) mass is 650 g/mol. The normalized spacial score (nSPS) is 12.8. The molecular weight excluding hydrogens is 617 g/mol. The lowest BCUT2D eigenvalue weighted by atomic mass is 10.0. The Morgan fingerprint density at radius 3 is 2.06 bits per heavy atom. The summed E-state index contributed by atoms with van der Waals surface area (Å²) in [5.41, 5.74) is 9.51. The first-order chi connectivity index (χ1) is 24.6. The molecule has 8 aromatic rings. The number of rotatable bonds is 7. The number of benzene rings is 5. The number of ether oxygens (including phenoxy) is 1. The molecule has 0 saturated heterocycles. The van der Waals surface area contributed by atoms with E-state index in [1.807, 2.05) is 53.3 Å². The van der Waals surface area contributed by atoms with E-state index in [9.17, 15) is 0 Å². The van der Waals surface area contributed by atoms with Crippen molar-refractivity contribution in [3.05, 3.63) is 170 Å². The van der Waals surface area contributed by atoms with Crippen LogP contribution in [0.3, 0.4) is 0 Å². The van der Waals surface area contributed by atoms with E-state index in [-0.39, 0.29) is 0 Å². The maximum absolute atomic E-state index is 6.79. The zero-order valence-corrected chi connectivity index (χ0v) is 27.8. The van der Waals surface area contributed by atoms with Gasteiger partial charge >= 0.3 is 0 Å². The Balaban J connectivity index is 1.15. The summed E-state index contributed by atoms with van der Waals surface area (Å²) in [6.45, 7) is 4.89. The molecule has 3 aromatic heterocycles. The minimum atomic E-state index is 0.685. The third-order valence-corrected chi connectivity index (χ3v) is 9.38. The van der Waals surface area contributed by atoms with Gasteiger partial charge in [0.2, 0.25) is 0 Å². The van der Waals surface area contributed by atoms with Gasteiger partial charge in [0, 0.05) is 64.1 Å². The summed E-state index contributed by atoms with van der Waals surface area (Å²) in [7, 11) is 0. The van der Waals surface area contributed by atoms with Crippen LogP contribution in [0.2, 0.25) is 0 Å².